The first-order valence-corrected chi connectivity index (χ1v) is 13.6. The van der Waals surface area contributed by atoms with Crippen molar-refractivity contribution in [1.82, 2.24) is 4.98 Å². The van der Waals surface area contributed by atoms with Gasteiger partial charge in [0.1, 0.15) is 5.75 Å². The number of nitro benzene ring substituents is 1. The molecular weight excluding hydrogens is 496 g/mol. The van der Waals surface area contributed by atoms with Crippen LogP contribution in [0.25, 0.3) is 21.7 Å². The summed E-state index contributed by atoms with van der Waals surface area (Å²) in [5.74, 6) is 0.802. The van der Waals surface area contributed by atoms with Crippen LogP contribution >= 0.6 is 11.3 Å². The molecule has 0 aliphatic heterocycles. The Morgan fingerprint density at radius 3 is 2.58 bits per heavy atom. The Balaban J connectivity index is 1.58. The molecule has 1 aromatic heterocycles. The molecule has 0 radical (unpaired) electrons. The predicted molar refractivity (Wildman–Crippen MR) is 156 cm³/mol. The van der Waals surface area contributed by atoms with E-state index in [2.05, 4.69) is 49.5 Å². The summed E-state index contributed by atoms with van der Waals surface area (Å²) in [5, 5.41) is 16.2. The number of rotatable bonds is 12. The maximum absolute atomic E-state index is 11.1. The minimum absolute atomic E-state index is 0.0560. The fraction of sp³-hybridized carbons (Fsp3) is 0.267. The number of nitrogens with one attached hydrogen (secondary N) is 1. The highest BCUT2D eigenvalue weighted by Crippen LogP contribution is 2.40. The molecule has 0 atom stereocenters. The maximum atomic E-state index is 11.1. The van der Waals surface area contributed by atoms with Crippen molar-refractivity contribution in [1.29, 1.82) is 0 Å². The Morgan fingerprint density at radius 1 is 1.05 bits per heavy atom. The van der Waals surface area contributed by atoms with E-state index in [0.717, 1.165) is 51.4 Å². The van der Waals surface area contributed by atoms with E-state index in [4.69, 9.17) is 9.72 Å². The van der Waals surface area contributed by atoms with Gasteiger partial charge in [-0.3, -0.25) is 15.5 Å². The summed E-state index contributed by atoms with van der Waals surface area (Å²) in [5.41, 5.74) is 8.99. The molecule has 196 valence electrons. The van der Waals surface area contributed by atoms with Gasteiger partial charge in [-0.25, -0.2) is 4.98 Å². The van der Waals surface area contributed by atoms with Gasteiger partial charge < -0.3 is 4.74 Å². The first kappa shape index (κ1) is 27.0. The van der Waals surface area contributed by atoms with Crippen LogP contribution in [0.5, 0.6) is 5.75 Å². The number of benzene rings is 3. The van der Waals surface area contributed by atoms with Crippen LogP contribution in [0.3, 0.4) is 0 Å². The molecular formula is C30H32N4O3S. The highest BCUT2D eigenvalue weighted by molar-refractivity contribution is 7.19. The lowest BCUT2D eigenvalue weighted by molar-refractivity contribution is -0.384. The van der Waals surface area contributed by atoms with Crippen LogP contribution in [-0.4, -0.2) is 22.7 Å². The maximum Gasteiger partial charge on any atom is 0.269 e. The number of nitro groups is 1. The minimum atomic E-state index is -0.393. The summed E-state index contributed by atoms with van der Waals surface area (Å²) in [6.45, 7) is 7.00. The van der Waals surface area contributed by atoms with Gasteiger partial charge in [-0.05, 0) is 55.7 Å². The van der Waals surface area contributed by atoms with E-state index in [9.17, 15) is 10.1 Å². The summed E-state index contributed by atoms with van der Waals surface area (Å²) < 4.78 is 5.99. The molecule has 4 rings (SSSR count). The SMILES string of the molecule is CCCCCCOc1ccccc1/C=N\Nc1nc(-c2ccc(C)cc2C)c(-c2ccc([N+](=O)[O-])cc2)s1. The zero-order valence-corrected chi connectivity index (χ0v) is 22.8. The van der Waals surface area contributed by atoms with E-state index in [0.29, 0.717) is 11.7 Å². The average molecular weight is 529 g/mol. The zero-order chi connectivity index (χ0) is 26.9. The van der Waals surface area contributed by atoms with Gasteiger partial charge in [0.05, 0.1) is 28.3 Å². The molecule has 0 amide bonds. The normalized spacial score (nSPS) is 11.1. The van der Waals surface area contributed by atoms with Crippen molar-refractivity contribution < 1.29 is 9.66 Å². The van der Waals surface area contributed by atoms with Gasteiger partial charge >= 0.3 is 0 Å². The number of aromatic nitrogens is 1. The number of para-hydroxylation sites is 1. The Bertz CT molecular complexity index is 1410. The number of ether oxygens (including phenoxy) is 1. The van der Waals surface area contributed by atoms with Crippen molar-refractivity contribution in [3.05, 3.63) is 93.5 Å². The van der Waals surface area contributed by atoms with Crippen molar-refractivity contribution in [2.45, 2.75) is 46.5 Å². The van der Waals surface area contributed by atoms with Gasteiger partial charge in [0.2, 0.25) is 5.13 Å². The van der Waals surface area contributed by atoms with Crippen molar-refractivity contribution >= 4 is 28.4 Å². The topological polar surface area (TPSA) is 89.7 Å². The van der Waals surface area contributed by atoms with Gasteiger partial charge in [-0.2, -0.15) is 5.10 Å². The number of hydrogen-bond donors (Lipinski definition) is 1. The lowest BCUT2D eigenvalue weighted by Gasteiger charge is -2.08. The van der Waals surface area contributed by atoms with Crippen LogP contribution in [0.2, 0.25) is 0 Å². The van der Waals surface area contributed by atoms with Crippen LogP contribution < -0.4 is 10.2 Å². The zero-order valence-electron chi connectivity index (χ0n) is 21.9. The molecule has 8 heteroatoms. The summed E-state index contributed by atoms with van der Waals surface area (Å²) >= 11 is 1.46. The Kier molecular flexibility index (Phi) is 9.21. The second kappa shape index (κ2) is 13.0. The first-order valence-electron chi connectivity index (χ1n) is 12.8. The van der Waals surface area contributed by atoms with Crippen LogP contribution in [0, 0.1) is 24.0 Å². The number of hydrazone groups is 1. The molecule has 0 unspecified atom stereocenters. The molecule has 0 fully saturated rings. The standard InChI is InChI=1S/C30H32N4O3S/c1-4-5-6-9-18-37-27-11-8-7-10-24(27)20-31-33-30-32-28(26-17-12-21(2)19-22(26)3)29(38-30)23-13-15-25(16-14-23)34(35)36/h7-8,10-17,19-20H,4-6,9,18H2,1-3H3,(H,32,33)/b31-20-. The Labute approximate surface area is 227 Å². The lowest BCUT2D eigenvalue weighted by Crippen LogP contribution is -2.00. The molecule has 0 saturated heterocycles. The smallest absolute Gasteiger partial charge is 0.269 e. The van der Waals surface area contributed by atoms with Crippen LogP contribution in [0.1, 0.15) is 49.3 Å². The largest absolute Gasteiger partial charge is 0.493 e. The van der Waals surface area contributed by atoms with Crippen LogP contribution in [0.4, 0.5) is 10.8 Å². The van der Waals surface area contributed by atoms with E-state index in [1.54, 1.807) is 18.3 Å². The number of anilines is 1. The number of thiazole rings is 1. The summed E-state index contributed by atoms with van der Waals surface area (Å²) in [4.78, 5) is 16.5. The number of non-ortho nitro benzene ring substituents is 1. The fourth-order valence-corrected chi connectivity index (χ4v) is 5.08. The highest BCUT2D eigenvalue weighted by atomic mass is 32.1. The minimum Gasteiger partial charge on any atom is -0.493 e. The molecule has 4 aromatic rings. The third-order valence-corrected chi connectivity index (χ3v) is 7.15. The van der Waals surface area contributed by atoms with Gasteiger partial charge in [-0.15, -0.1) is 0 Å². The van der Waals surface area contributed by atoms with Gasteiger partial charge in [-0.1, -0.05) is 73.4 Å². The monoisotopic (exact) mass is 528 g/mol. The molecule has 7 nitrogen and oxygen atoms in total. The van der Waals surface area contributed by atoms with Crippen LogP contribution in [-0.2, 0) is 0 Å². The Hall–Kier alpha value is -4.04. The molecule has 0 spiro atoms. The van der Waals surface area contributed by atoms with E-state index in [-0.39, 0.29) is 5.69 Å². The fourth-order valence-electron chi connectivity index (χ4n) is 4.15. The predicted octanol–water partition coefficient (Wildman–Crippen LogP) is 8.41. The van der Waals surface area contributed by atoms with E-state index in [1.165, 1.54) is 41.9 Å². The molecule has 0 bridgehead atoms. The number of nitrogens with zero attached hydrogens (tertiary/aromatic N) is 3. The number of unbranched alkanes of at least 4 members (excludes halogenated alkanes) is 3. The van der Waals surface area contributed by atoms with Crippen molar-refractivity contribution in [3.8, 4) is 27.4 Å². The van der Waals surface area contributed by atoms with Crippen molar-refractivity contribution in [3.63, 3.8) is 0 Å². The van der Waals surface area contributed by atoms with Crippen molar-refractivity contribution in [2.24, 2.45) is 5.10 Å². The van der Waals surface area contributed by atoms with Gasteiger partial charge in [0.15, 0.2) is 0 Å². The third kappa shape index (κ3) is 6.83. The number of aryl methyl sites for hydroxylation is 2. The Morgan fingerprint density at radius 2 is 1.84 bits per heavy atom. The van der Waals surface area contributed by atoms with Gasteiger partial charge in [0.25, 0.3) is 5.69 Å². The molecule has 0 saturated carbocycles. The van der Waals surface area contributed by atoms with E-state index >= 15 is 0 Å². The van der Waals surface area contributed by atoms with Gasteiger partial charge in [0, 0.05) is 23.3 Å². The summed E-state index contributed by atoms with van der Waals surface area (Å²) in [6, 6.07) is 20.7. The third-order valence-electron chi connectivity index (χ3n) is 6.14. The molecule has 38 heavy (non-hydrogen) atoms. The highest BCUT2D eigenvalue weighted by Gasteiger charge is 2.18. The second-order valence-corrected chi connectivity index (χ2v) is 10.1. The number of hydrogen-bond acceptors (Lipinski definition) is 7. The van der Waals surface area contributed by atoms with E-state index in [1.807, 2.05) is 24.3 Å². The summed E-state index contributed by atoms with van der Waals surface area (Å²) in [7, 11) is 0. The average Bonchev–Trinajstić information content (AvgIpc) is 3.33. The van der Waals surface area contributed by atoms with Crippen LogP contribution in [0.15, 0.2) is 71.8 Å². The molecule has 0 aliphatic carbocycles. The quantitative estimate of drug-likeness (QED) is 0.0863. The molecule has 1 heterocycles. The molecule has 1 N–H and O–H groups in total. The van der Waals surface area contributed by atoms with E-state index < -0.39 is 4.92 Å². The first-order chi connectivity index (χ1) is 18.5. The second-order valence-electron chi connectivity index (χ2n) is 9.14. The lowest BCUT2D eigenvalue weighted by atomic mass is 10.0. The van der Waals surface area contributed by atoms with Crippen molar-refractivity contribution in [2.75, 3.05) is 12.0 Å². The summed E-state index contributed by atoms with van der Waals surface area (Å²) in [6.07, 6.45) is 6.35. The molecule has 3 aromatic carbocycles. The molecule has 0 aliphatic rings.